The van der Waals surface area contributed by atoms with E-state index >= 15 is 0 Å². The molecule has 0 bridgehead atoms. The van der Waals surface area contributed by atoms with Crippen molar-refractivity contribution in [1.82, 2.24) is 10.3 Å². The van der Waals surface area contributed by atoms with E-state index in [-0.39, 0.29) is 0 Å². The third-order valence-electron chi connectivity index (χ3n) is 2.63. The zero-order valence-corrected chi connectivity index (χ0v) is 8.77. The zero-order chi connectivity index (χ0) is 10.7. The fraction of sp³-hybridized carbons (Fsp3) is 0.455. The molecule has 15 heavy (non-hydrogen) atoms. The van der Waals surface area contributed by atoms with Gasteiger partial charge in [-0.25, -0.2) is 0 Å². The molecule has 0 aromatic carbocycles. The molecule has 0 spiro atoms. The Kier molecular flexibility index (Phi) is 2.84. The largest absolute Gasteiger partial charge is 0.366 e. The summed E-state index contributed by atoms with van der Waals surface area (Å²) in [6.45, 7) is 4.97. The molecule has 2 rings (SSSR count). The summed E-state index contributed by atoms with van der Waals surface area (Å²) in [6, 6.07) is 4.43. The van der Waals surface area contributed by atoms with Gasteiger partial charge in [0.05, 0.1) is 17.4 Å². The minimum atomic E-state index is 0.463. The lowest BCUT2D eigenvalue weighted by Crippen LogP contribution is -2.49. The predicted molar refractivity (Wildman–Crippen MR) is 58.6 cm³/mol. The van der Waals surface area contributed by atoms with Gasteiger partial charge in [-0.1, -0.05) is 0 Å². The minimum absolute atomic E-state index is 0.463. The molecule has 2 heterocycles. The molecule has 0 amide bonds. The van der Waals surface area contributed by atoms with Crippen LogP contribution in [0.15, 0.2) is 18.5 Å². The van der Waals surface area contributed by atoms with Gasteiger partial charge in [-0.2, -0.15) is 5.26 Å². The number of nitrogens with zero attached hydrogens (tertiary/aromatic N) is 3. The van der Waals surface area contributed by atoms with Gasteiger partial charge in [0.15, 0.2) is 0 Å². The molecule has 1 aliphatic rings. The Morgan fingerprint density at radius 3 is 3.27 bits per heavy atom. The standard InChI is InChI=1S/C11H14N4/c1-9-8-15(5-4-14-9)11-7-13-3-2-10(11)6-12/h2-3,7,9,14H,4-5,8H2,1H3/t9-/m1/s1. The third kappa shape index (κ3) is 2.08. The molecule has 1 aliphatic heterocycles. The highest BCUT2D eigenvalue weighted by atomic mass is 15.2. The molecule has 1 aromatic rings. The van der Waals surface area contributed by atoms with Crippen LogP contribution in [0.1, 0.15) is 12.5 Å². The van der Waals surface area contributed by atoms with Gasteiger partial charge >= 0.3 is 0 Å². The Labute approximate surface area is 89.5 Å². The maximum absolute atomic E-state index is 8.99. The second kappa shape index (κ2) is 4.28. The van der Waals surface area contributed by atoms with Crippen LogP contribution in [-0.2, 0) is 0 Å². The summed E-state index contributed by atoms with van der Waals surface area (Å²) in [5, 5.41) is 12.4. The van der Waals surface area contributed by atoms with Crippen LogP contribution in [0.4, 0.5) is 5.69 Å². The number of hydrogen-bond acceptors (Lipinski definition) is 4. The average Bonchev–Trinajstić information content (AvgIpc) is 2.29. The maximum atomic E-state index is 8.99. The molecule has 1 fully saturated rings. The quantitative estimate of drug-likeness (QED) is 0.730. The van der Waals surface area contributed by atoms with E-state index in [1.165, 1.54) is 0 Å². The summed E-state index contributed by atoms with van der Waals surface area (Å²) in [5.41, 5.74) is 1.66. The highest BCUT2D eigenvalue weighted by Crippen LogP contribution is 2.19. The van der Waals surface area contributed by atoms with Gasteiger partial charge in [0.2, 0.25) is 0 Å². The molecule has 1 aromatic heterocycles. The Balaban J connectivity index is 2.25. The predicted octanol–water partition coefficient (Wildman–Crippen LogP) is 0.751. The van der Waals surface area contributed by atoms with E-state index in [1.54, 1.807) is 18.5 Å². The molecule has 78 valence electrons. The third-order valence-corrected chi connectivity index (χ3v) is 2.63. The van der Waals surface area contributed by atoms with Crippen LogP contribution in [-0.4, -0.2) is 30.7 Å². The lowest BCUT2D eigenvalue weighted by atomic mass is 10.1. The Morgan fingerprint density at radius 1 is 1.67 bits per heavy atom. The molecular weight excluding hydrogens is 188 g/mol. The summed E-state index contributed by atoms with van der Waals surface area (Å²) in [6.07, 6.45) is 3.43. The summed E-state index contributed by atoms with van der Waals surface area (Å²) < 4.78 is 0. The van der Waals surface area contributed by atoms with Crippen molar-refractivity contribution >= 4 is 5.69 Å². The smallest absolute Gasteiger partial charge is 0.101 e. The minimum Gasteiger partial charge on any atom is -0.366 e. The topological polar surface area (TPSA) is 52.0 Å². The SMILES string of the molecule is C[C@@H]1CN(c2cnccc2C#N)CCN1. The van der Waals surface area contributed by atoms with E-state index in [0.717, 1.165) is 25.3 Å². The first-order valence-electron chi connectivity index (χ1n) is 5.13. The molecule has 4 nitrogen and oxygen atoms in total. The molecule has 0 radical (unpaired) electrons. The monoisotopic (exact) mass is 202 g/mol. The van der Waals surface area contributed by atoms with Crippen LogP contribution in [0.2, 0.25) is 0 Å². The van der Waals surface area contributed by atoms with E-state index < -0.39 is 0 Å². The molecule has 4 heteroatoms. The Hall–Kier alpha value is -1.60. The van der Waals surface area contributed by atoms with E-state index in [4.69, 9.17) is 5.26 Å². The number of aromatic nitrogens is 1. The maximum Gasteiger partial charge on any atom is 0.101 e. The summed E-state index contributed by atoms with van der Waals surface area (Å²) in [4.78, 5) is 6.30. The van der Waals surface area contributed by atoms with Crippen molar-refractivity contribution in [1.29, 1.82) is 5.26 Å². The van der Waals surface area contributed by atoms with Gasteiger partial charge < -0.3 is 10.2 Å². The van der Waals surface area contributed by atoms with E-state index in [0.29, 0.717) is 11.6 Å². The van der Waals surface area contributed by atoms with Crippen molar-refractivity contribution in [2.45, 2.75) is 13.0 Å². The molecule has 1 atom stereocenters. The van der Waals surface area contributed by atoms with Crippen LogP contribution >= 0.6 is 0 Å². The molecule has 0 aliphatic carbocycles. The van der Waals surface area contributed by atoms with Gasteiger partial charge in [-0.05, 0) is 13.0 Å². The number of rotatable bonds is 1. The first-order chi connectivity index (χ1) is 7.31. The van der Waals surface area contributed by atoms with Crippen LogP contribution in [0, 0.1) is 11.3 Å². The first-order valence-corrected chi connectivity index (χ1v) is 5.13. The van der Waals surface area contributed by atoms with Gasteiger partial charge in [-0.15, -0.1) is 0 Å². The molecule has 1 saturated heterocycles. The van der Waals surface area contributed by atoms with Crippen molar-refractivity contribution < 1.29 is 0 Å². The van der Waals surface area contributed by atoms with Gasteiger partial charge in [0.25, 0.3) is 0 Å². The van der Waals surface area contributed by atoms with Crippen molar-refractivity contribution in [2.24, 2.45) is 0 Å². The Morgan fingerprint density at radius 2 is 2.53 bits per heavy atom. The van der Waals surface area contributed by atoms with Crippen molar-refractivity contribution in [3.63, 3.8) is 0 Å². The molecule has 0 saturated carbocycles. The average molecular weight is 202 g/mol. The van der Waals surface area contributed by atoms with E-state index in [1.807, 2.05) is 0 Å². The highest BCUT2D eigenvalue weighted by Gasteiger charge is 2.18. The molecule has 1 N–H and O–H groups in total. The number of piperazine rings is 1. The Bertz CT molecular complexity index is 382. The van der Waals surface area contributed by atoms with Crippen molar-refractivity contribution in [2.75, 3.05) is 24.5 Å². The van der Waals surface area contributed by atoms with Gasteiger partial charge in [0, 0.05) is 31.9 Å². The fourth-order valence-electron chi connectivity index (χ4n) is 1.88. The number of pyridine rings is 1. The lowest BCUT2D eigenvalue weighted by molar-refractivity contribution is 0.484. The van der Waals surface area contributed by atoms with Crippen LogP contribution < -0.4 is 10.2 Å². The molecular formula is C11H14N4. The number of nitrogens with one attached hydrogen (secondary N) is 1. The second-order valence-electron chi connectivity index (χ2n) is 3.81. The number of hydrogen-bond donors (Lipinski definition) is 1. The highest BCUT2D eigenvalue weighted by molar-refractivity contribution is 5.57. The number of anilines is 1. The first kappa shape index (κ1) is 9.94. The summed E-state index contributed by atoms with van der Waals surface area (Å²) >= 11 is 0. The zero-order valence-electron chi connectivity index (χ0n) is 8.77. The van der Waals surface area contributed by atoms with E-state index in [9.17, 15) is 0 Å². The summed E-state index contributed by atoms with van der Waals surface area (Å²) in [7, 11) is 0. The number of nitriles is 1. The molecule has 0 unspecified atom stereocenters. The second-order valence-corrected chi connectivity index (χ2v) is 3.81. The van der Waals surface area contributed by atoms with Gasteiger partial charge in [-0.3, -0.25) is 4.98 Å². The van der Waals surface area contributed by atoms with Gasteiger partial charge in [0.1, 0.15) is 6.07 Å². The normalized spacial score (nSPS) is 21.1. The van der Waals surface area contributed by atoms with Crippen molar-refractivity contribution in [3.05, 3.63) is 24.0 Å². The summed E-state index contributed by atoms with van der Waals surface area (Å²) in [5.74, 6) is 0. The van der Waals surface area contributed by atoms with Crippen LogP contribution in [0.5, 0.6) is 0 Å². The van der Waals surface area contributed by atoms with Crippen LogP contribution in [0.3, 0.4) is 0 Å². The van der Waals surface area contributed by atoms with Crippen molar-refractivity contribution in [3.8, 4) is 6.07 Å². The van der Waals surface area contributed by atoms with E-state index in [2.05, 4.69) is 28.2 Å². The lowest BCUT2D eigenvalue weighted by Gasteiger charge is -2.33. The fourth-order valence-corrected chi connectivity index (χ4v) is 1.88. The van der Waals surface area contributed by atoms with Crippen LogP contribution in [0.25, 0.3) is 0 Å².